The Kier molecular flexibility index (Phi) is 3.99. The first-order chi connectivity index (χ1) is 8.69. The predicted molar refractivity (Wildman–Crippen MR) is 70.5 cm³/mol. The Morgan fingerprint density at radius 1 is 1.28 bits per heavy atom. The molecular formula is C14H18N2O2. The third kappa shape index (κ3) is 3.11. The van der Waals surface area contributed by atoms with Gasteiger partial charge in [-0.2, -0.15) is 0 Å². The predicted octanol–water partition coefficient (Wildman–Crippen LogP) is 2.63. The van der Waals surface area contributed by atoms with Crippen LogP contribution in [0.2, 0.25) is 0 Å². The number of nitrogens with two attached hydrogens (primary N) is 1. The first kappa shape index (κ1) is 12.6. The summed E-state index contributed by atoms with van der Waals surface area (Å²) in [4.78, 5) is 4.37. The monoisotopic (exact) mass is 246 g/mol. The van der Waals surface area contributed by atoms with Crippen molar-refractivity contribution in [2.24, 2.45) is 5.73 Å². The molecule has 18 heavy (non-hydrogen) atoms. The normalized spacial score (nSPS) is 10.9. The van der Waals surface area contributed by atoms with Gasteiger partial charge < -0.3 is 14.9 Å². The van der Waals surface area contributed by atoms with E-state index in [1.165, 1.54) is 0 Å². The van der Waals surface area contributed by atoms with E-state index in [-0.39, 0.29) is 6.10 Å². The van der Waals surface area contributed by atoms with Gasteiger partial charge >= 0.3 is 0 Å². The van der Waals surface area contributed by atoms with Gasteiger partial charge in [-0.3, -0.25) is 0 Å². The Morgan fingerprint density at radius 3 is 2.61 bits per heavy atom. The molecule has 0 aliphatic heterocycles. The molecule has 0 saturated heterocycles. The molecule has 0 spiro atoms. The Labute approximate surface area is 107 Å². The summed E-state index contributed by atoms with van der Waals surface area (Å²) < 4.78 is 10.9. The minimum absolute atomic E-state index is 0.180. The Morgan fingerprint density at radius 2 is 2.00 bits per heavy atom. The topological polar surface area (TPSA) is 61.3 Å². The van der Waals surface area contributed by atoms with Gasteiger partial charge in [0.25, 0.3) is 0 Å². The Hall–Kier alpha value is -1.81. The van der Waals surface area contributed by atoms with Gasteiger partial charge in [0, 0.05) is 18.5 Å². The third-order valence-corrected chi connectivity index (χ3v) is 2.43. The number of ether oxygens (including phenoxy) is 1. The molecule has 2 rings (SSSR count). The maximum Gasteiger partial charge on any atom is 0.195 e. The zero-order chi connectivity index (χ0) is 13.0. The summed E-state index contributed by atoms with van der Waals surface area (Å²) in [5.74, 6) is 1.54. The molecule has 0 unspecified atom stereocenters. The van der Waals surface area contributed by atoms with E-state index in [2.05, 4.69) is 4.98 Å². The zero-order valence-corrected chi connectivity index (χ0v) is 10.7. The van der Waals surface area contributed by atoms with Crippen molar-refractivity contribution in [3.05, 3.63) is 36.4 Å². The molecule has 0 atom stereocenters. The highest BCUT2D eigenvalue weighted by Gasteiger charge is 2.06. The SMILES string of the molecule is CC(C)Oc1ccc(-c2coc(CCN)n2)cc1. The molecular weight excluding hydrogens is 228 g/mol. The maximum atomic E-state index is 5.59. The number of nitrogens with zero attached hydrogens (tertiary/aromatic N) is 1. The van der Waals surface area contributed by atoms with Crippen molar-refractivity contribution in [3.8, 4) is 17.0 Å². The summed E-state index contributed by atoms with van der Waals surface area (Å²) in [6.07, 6.45) is 2.50. The molecule has 0 saturated carbocycles. The first-order valence-electron chi connectivity index (χ1n) is 6.10. The van der Waals surface area contributed by atoms with E-state index in [0.717, 1.165) is 17.0 Å². The lowest BCUT2D eigenvalue weighted by molar-refractivity contribution is 0.242. The van der Waals surface area contributed by atoms with Gasteiger partial charge in [0.15, 0.2) is 5.89 Å². The van der Waals surface area contributed by atoms with Crippen molar-refractivity contribution in [3.63, 3.8) is 0 Å². The zero-order valence-electron chi connectivity index (χ0n) is 10.7. The molecule has 2 aromatic rings. The van der Waals surface area contributed by atoms with Gasteiger partial charge in [-0.1, -0.05) is 0 Å². The average molecular weight is 246 g/mol. The van der Waals surface area contributed by atoms with Crippen molar-refractivity contribution < 1.29 is 9.15 Å². The lowest BCUT2D eigenvalue weighted by Crippen LogP contribution is -2.05. The molecule has 4 nitrogen and oxygen atoms in total. The van der Waals surface area contributed by atoms with Crippen LogP contribution >= 0.6 is 0 Å². The molecule has 2 N–H and O–H groups in total. The first-order valence-corrected chi connectivity index (χ1v) is 6.10. The standard InChI is InChI=1S/C14H18N2O2/c1-10(2)18-12-5-3-11(4-6-12)13-9-17-14(16-13)7-8-15/h3-6,9-10H,7-8,15H2,1-2H3. The highest BCUT2D eigenvalue weighted by Crippen LogP contribution is 2.22. The fourth-order valence-corrected chi connectivity index (χ4v) is 1.66. The van der Waals surface area contributed by atoms with E-state index >= 15 is 0 Å². The van der Waals surface area contributed by atoms with Crippen LogP contribution < -0.4 is 10.5 Å². The molecule has 0 aliphatic carbocycles. The van der Waals surface area contributed by atoms with Gasteiger partial charge in [0.05, 0.1) is 6.10 Å². The maximum absolute atomic E-state index is 5.59. The van der Waals surface area contributed by atoms with Gasteiger partial charge in [0.2, 0.25) is 0 Å². The molecule has 4 heteroatoms. The molecule has 0 bridgehead atoms. The summed E-state index contributed by atoms with van der Waals surface area (Å²) in [5, 5.41) is 0. The minimum Gasteiger partial charge on any atom is -0.491 e. The second kappa shape index (κ2) is 5.69. The molecule has 1 aromatic heterocycles. The molecule has 0 fully saturated rings. The Bertz CT molecular complexity index is 489. The summed E-state index contributed by atoms with van der Waals surface area (Å²) in [7, 11) is 0. The third-order valence-electron chi connectivity index (χ3n) is 2.43. The highest BCUT2D eigenvalue weighted by molar-refractivity contribution is 5.58. The number of benzene rings is 1. The van der Waals surface area contributed by atoms with E-state index in [0.29, 0.717) is 18.9 Å². The smallest absolute Gasteiger partial charge is 0.195 e. The van der Waals surface area contributed by atoms with Crippen molar-refractivity contribution in [1.29, 1.82) is 0 Å². The van der Waals surface area contributed by atoms with E-state index in [1.54, 1.807) is 6.26 Å². The summed E-state index contributed by atoms with van der Waals surface area (Å²) in [6, 6.07) is 7.82. The van der Waals surface area contributed by atoms with E-state index < -0.39 is 0 Å². The molecule has 1 aromatic carbocycles. The van der Waals surface area contributed by atoms with Crippen molar-refractivity contribution in [2.45, 2.75) is 26.4 Å². The van der Waals surface area contributed by atoms with Crippen LogP contribution in [0.15, 0.2) is 34.9 Å². The highest BCUT2D eigenvalue weighted by atomic mass is 16.5. The van der Waals surface area contributed by atoms with Crippen LogP contribution in [-0.2, 0) is 6.42 Å². The van der Waals surface area contributed by atoms with Crippen molar-refractivity contribution in [2.75, 3.05) is 6.54 Å². The number of hydrogen-bond donors (Lipinski definition) is 1. The summed E-state index contributed by atoms with van der Waals surface area (Å²) in [5.41, 5.74) is 7.30. The van der Waals surface area contributed by atoms with Crippen LogP contribution in [0.25, 0.3) is 11.3 Å². The number of hydrogen-bond acceptors (Lipinski definition) is 4. The lowest BCUT2D eigenvalue weighted by Gasteiger charge is -2.09. The van der Waals surface area contributed by atoms with Gasteiger partial charge in [-0.05, 0) is 38.1 Å². The minimum atomic E-state index is 0.180. The summed E-state index contributed by atoms with van der Waals surface area (Å²) >= 11 is 0. The quantitative estimate of drug-likeness (QED) is 0.881. The van der Waals surface area contributed by atoms with Crippen molar-refractivity contribution >= 4 is 0 Å². The van der Waals surface area contributed by atoms with E-state index in [9.17, 15) is 0 Å². The van der Waals surface area contributed by atoms with Crippen LogP contribution in [0.1, 0.15) is 19.7 Å². The second-order valence-corrected chi connectivity index (χ2v) is 4.36. The van der Waals surface area contributed by atoms with Crippen LogP contribution in [0.3, 0.4) is 0 Å². The number of aromatic nitrogens is 1. The largest absolute Gasteiger partial charge is 0.491 e. The molecule has 0 amide bonds. The van der Waals surface area contributed by atoms with Gasteiger partial charge in [-0.15, -0.1) is 0 Å². The van der Waals surface area contributed by atoms with Gasteiger partial charge in [-0.25, -0.2) is 4.98 Å². The number of rotatable bonds is 5. The van der Waals surface area contributed by atoms with Crippen molar-refractivity contribution in [1.82, 2.24) is 4.98 Å². The van der Waals surface area contributed by atoms with Gasteiger partial charge in [0.1, 0.15) is 17.7 Å². The molecule has 0 aliphatic rings. The molecule has 0 radical (unpaired) electrons. The Balaban J connectivity index is 2.12. The summed E-state index contributed by atoms with van der Waals surface area (Å²) in [6.45, 7) is 4.55. The molecule has 96 valence electrons. The van der Waals surface area contributed by atoms with Crippen LogP contribution in [0.5, 0.6) is 5.75 Å². The fourth-order valence-electron chi connectivity index (χ4n) is 1.66. The van der Waals surface area contributed by atoms with E-state index in [1.807, 2.05) is 38.1 Å². The van der Waals surface area contributed by atoms with Crippen LogP contribution in [0, 0.1) is 0 Å². The average Bonchev–Trinajstić information content (AvgIpc) is 2.78. The second-order valence-electron chi connectivity index (χ2n) is 4.36. The van der Waals surface area contributed by atoms with Crippen LogP contribution in [-0.4, -0.2) is 17.6 Å². The van der Waals surface area contributed by atoms with Crippen LogP contribution in [0.4, 0.5) is 0 Å². The lowest BCUT2D eigenvalue weighted by atomic mass is 10.2. The number of oxazole rings is 1. The molecule has 1 heterocycles. The van der Waals surface area contributed by atoms with E-state index in [4.69, 9.17) is 14.9 Å². The fraction of sp³-hybridized carbons (Fsp3) is 0.357.